The van der Waals surface area contributed by atoms with E-state index in [1.165, 1.54) is 17.8 Å². The molecule has 0 spiro atoms. The third-order valence-electron chi connectivity index (χ3n) is 4.33. The first-order chi connectivity index (χ1) is 11.7. The van der Waals surface area contributed by atoms with Crippen LogP contribution in [-0.4, -0.2) is 41.1 Å². The average molecular weight is 347 g/mol. The maximum absolute atomic E-state index is 4.69. The van der Waals surface area contributed by atoms with Crippen molar-refractivity contribution < 1.29 is 0 Å². The Labute approximate surface area is 147 Å². The molecule has 1 aliphatic rings. The fourth-order valence-electron chi connectivity index (χ4n) is 3.03. The SMILES string of the molecule is CNc1cc(N2CCC[C@H]2CNCc2csc(C(C)C)n2)ncn1. The molecule has 0 saturated carbocycles. The molecule has 1 atom stereocenters. The van der Waals surface area contributed by atoms with E-state index in [1.807, 2.05) is 13.1 Å². The number of anilines is 2. The zero-order valence-electron chi connectivity index (χ0n) is 14.6. The lowest BCUT2D eigenvalue weighted by atomic mass is 10.2. The van der Waals surface area contributed by atoms with Crippen LogP contribution >= 0.6 is 11.3 Å². The summed E-state index contributed by atoms with van der Waals surface area (Å²) in [6.07, 6.45) is 4.03. The summed E-state index contributed by atoms with van der Waals surface area (Å²) in [5.41, 5.74) is 1.15. The number of hydrogen-bond donors (Lipinski definition) is 2. The maximum atomic E-state index is 4.69. The third kappa shape index (κ3) is 4.02. The fraction of sp³-hybridized carbons (Fsp3) is 0.588. The van der Waals surface area contributed by atoms with Crippen molar-refractivity contribution in [1.29, 1.82) is 0 Å². The highest BCUT2D eigenvalue weighted by molar-refractivity contribution is 7.09. The molecule has 0 aromatic carbocycles. The summed E-state index contributed by atoms with van der Waals surface area (Å²) in [4.78, 5) is 15.7. The highest BCUT2D eigenvalue weighted by Gasteiger charge is 2.25. The Morgan fingerprint density at radius 1 is 1.38 bits per heavy atom. The van der Waals surface area contributed by atoms with E-state index < -0.39 is 0 Å². The van der Waals surface area contributed by atoms with Crippen molar-refractivity contribution in [2.45, 2.75) is 45.2 Å². The molecule has 3 rings (SSSR count). The molecule has 1 fully saturated rings. The number of rotatable bonds is 7. The molecule has 2 aromatic rings. The van der Waals surface area contributed by atoms with Gasteiger partial charge in [0.15, 0.2) is 0 Å². The minimum Gasteiger partial charge on any atom is -0.373 e. The monoisotopic (exact) mass is 346 g/mol. The first kappa shape index (κ1) is 17.1. The van der Waals surface area contributed by atoms with Gasteiger partial charge in [-0.1, -0.05) is 13.8 Å². The van der Waals surface area contributed by atoms with E-state index in [1.54, 1.807) is 17.7 Å². The highest BCUT2D eigenvalue weighted by Crippen LogP contribution is 2.24. The molecule has 2 aromatic heterocycles. The fourth-order valence-corrected chi connectivity index (χ4v) is 3.86. The minimum atomic E-state index is 0.479. The molecule has 3 heterocycles. The third-order valence-corrected chi connectivity index (χ3v) is 5.52. The number of thiazole rings is 1. The summed E-state index contributed by atoms with van der Waals surface area (Å²) in [6.45, 7) is 7.22. The maximum Gasteiger partial charge on any atom is 0.134 e. The van der Waals surface area contributed by atoms with Crippen LogP contribution in [0.4, 0.5) is 11.6 Å². The lowest BCUT2D eigenvalue weighted by molar-refractivity contribution is 0.566. The summed E-state index contributed by atoms with van der Waals surface area (Å²) in [5.74, 6) is 2.38. The van der Waals surface area contributed by atoms with Gasteiger partial charge in [-0.25, -0.2) is 15.0 Å². The zero-order valence-corrected chi connectivity index (χ0v) is 15.4. The van der Waals surface area contributed by atoms with Crippen molar-refractivity contribution in [3.63, 3.8) is 0 Å². The van der Waals surface area contributed by atoms with E-state index in [0.717, 1.165) is 37.0 Å². The number of nitrogens with zero attached hydrogens (tertiary/aromatic N) is 4. The van der Waals surface area contributed by atoms with Gasteiger partial charge in [-0.15, -0.1) is 11.3 Å². The molecule has 1 saturated heterocycles. The Balaban J connectivity index is 1.55. The van der Waals surface area contributed by atoms with E-state index >= 15 is 0 Å². The number of nitrogens with one attached hydrogen (secondary N) is 2. The van der Waals surface area contributed by atoms with Gasteiger partial charge in [-0.2, -0.15) is 0 Å². The van der Waals surface area contributed by atoms with E-state index in [4.69, 9.17) is 0 Å². The predicted octanol–water partition coefficient (Wildman–Crippen LogP) is 2.86. The van der Waals surface area contributed by atoms with Crippen molar-refractivity contribution in [3.05, 3.63) is 28.5 Å². The van der Waals surface area contributed by atoms with Crippen LogP contribution < -0.4 is 15.5 Å². The van der Waals surface area contributed by atoms with Crippen LogP contribution in [0.15, 0.2) is 17.8 Å². The van der Waals surface area contributed by atoms with E-state index in [2.05, 4.69) is 49.7 Å². The van der Waals surface area contributed by atoms with Crippen LogP contribution in [0, 0.1) is 0 Å². The van der Waals surface area contributed by atoms with Crippen LogP contribution in [0.25, 0.3) is 0 Å². The molecule has 130 valence electrons. The smallest absolute Gasteiger partial charge is 0.134 e. The molecule has 0 radical (unpaired) electrons. The summed E-state index contributed by atoms with van der Waals surface area (Å²) in [5, 5.41) is 10.0. The van der Waals surface area contributed by atoms with Crippen LogP contribution in [0.3, 0.4) is 0 Å². The van der Waals surface area contributed by atoms with E-state index in [0.29, 0.717) is 12.0 Å². The molecular formula is C17H26N6S. The molecule has 0 amide bonds. The largest absolute Gasteiger partial charge is 0.373 e. The van der Waals surface area contributed by atoms with Crippen LogP contribution in [0.1, 0.15) is 43.3 Å². The van der Waals surface area contributed by atoms with Gasteiger partial charge in [-0.3, -0.25) is 0 Å². The molecule has 0 aliphatic carbocycles. The van der Waals surface area contributed by atoms with Gasteiger partial charge in [0, 0.05) is 50.1 Å². The quantitative estimate of drug-likeness (QED) is 0.804. The topological polar surface area (TPSA) is 66.0 Å². The second kappa shape index (κ2) is 7.90. The van der Waals surface area contributed by atoms with Gasteiger partial charge in [0.05, 0.1) is 10.7 Å². The molecule has 0 unspecified atom stereocenters. The summed E-state index contributed by atoms with van der Waals surface area (Å²) < 4.78 is 0. The molecule has 24 heavy (non-hydrogen) atoms. The Morgan fingerprint density at radius 3 is 3.00 bits per heavy atom. The molecule has 7 heteroatoms. The van der Waals surface area contributed by atoms with Gasteiger partial charge < -0.3 is 15.5 Å². The Kier molecular flexibility index (Phi) is 5.63. The minimum absolute atomic E-state index is 0.479. The first-order valence-corrected chi connectivity index (χ1v) is 9.46. The van der Waals surface area contributed by atoms with Gasteiger partial charge in [0.25, 0.3) is 0 Å². The second-order valence-electron chi connectivity index (χ2n) is 6.46. The van der Waals surface area contributed by atoms with Crippen LogP contribution in [0.5, 0.6) is 0 Å². The van der Waals surface area contributed by atoms with E-state index in [9.17, 15) is 0 Å². The van der Waals surface area contributed by atoms with Gasteiger partial charge in [0.1, 0.15) is 18.0 Å². The van der Waals surface area contributed by atoms with Crippen molar-refractivity contribution in [2.75, 3.05) is 30.4 Å². The zero-order chi connectivity index (χ0) is 16.9. The van der Waals surface area contributed by atoms with Crippen molar-refractivity contribution >= 4 is 23.0 Å². The van der Waals surface area contributed by atoms with Crippen molar-refractivity contribution in [3.8, 4) is 0 Å². The summed E-state index contributed by atoms with van der Waals surface area (Å²) >= 11 is 1.76. The Hall–Kier alpha value is -1.73. The second-order valence-corrected chi connectivity index (χ2v) is 7.35. The standard InChI is InChI=1S/C17H26N6S/c1-12(2)17-22-13(10-24-17)8-19-9-14-5-4-6-23(14)16-7-15(18-3)20-11-21-16/h7,10-12,14,19H,4-6,8-9H2,1-3H3,(H,18,20,21)/t14-/m0/s1. The van der Waals surface area contributed by atoms with Gasteiger partial charge >= 0.3 is 0 Å². The lowest BCUT2D eigenvalue weighted by Gasteiger charge is -2.26. The highest BCUT2D eigenvalue weighted by atomic mass is 32.1. The van der Waals surface area contributed by atoms with Crippen LogP contribution in [-0.2, 0) is 6.54 Å². The molecular weight excluding hydrogens is 320 g/mol. The normalized spacial score (nSPS) is 17.7. The molecule has 6 nitrogen and oxygen atoms in total. The van der Waals surface area contributed by atoms with Gasteiger partial charge in [-0.05, 0) is 12.8 Å². The Bertz CT molecular complexity index is 656. The Morgan fingerprint density at radius 2 is 2.25 bits per heavy atom. The summed E-state index contributed by atoms with van der Waals surface area (Å²) in [6, 6.07) is 2.50. The molecule has 1 aliphatic heterocycles. The number of hydrogen-bond acceptors (Lipinski definition) is 7. The summed E-state index contributed by atoms with van der Waals surface area (Å²) in [7, 11) is 1.88. The lowest BCUT2D eigenvalue weighted by Crippen LogP contribution is -2.38. The first-order valence-electron chi connectivity index (χ1n) is 8.59. The van der Waals surface area contributed by atoms with Crippen LogP contribution in [0.2, 0.25) is 0 Å². The van der Waals surface area contributed by atoms with Crippen molar-refractivity contribution in [2.24, 2.45) is 0 Å². The van der Waals surface area contributed by atoms with Gasteiger partial charge in [0.2, 0.25) is 0 Å². The molecule has 2 N–H and O–H groups in total. The average Bonchev–Trinajstić information content (AvgIpc) is 3.24. The number of aromatic nitrogens is 3. The van der Waals surface area contributed by atoms with Crippen molar-refractivity contribution in [1.82, 2.24) is 20.3 Å². The molecule has 0 bridgehead atoms. The van der Waals surface area contributed by atoms with E-state index in [-0.39, 0.29) is 0 Å². The predicted molar refractivity (Wildman–Crippen MR) is 99.9 cm³/mol.